The number of carbonyl (C=O) groups excluding carboxylic acids is 1. The summed E-state index contributed by atoms with van der Waals surface area (Å²) in [5.74, 6) is -0.361. The van der Waals surface area contributed by atoms with Gasteiger partial charge in [0.2, 0.25) is 0 Å². The Bertz CT molecular complexity index is 1060. The van der Waals surface area contributed by atoms with E-state index in [1.165, 1.54) is 31.4 Å². The molecule has 1 atom stereocenters. The molecular weight excluding hydrogens is 419 g/mol. The van der Waals surface area contributed by atoms with Gasteiger partial charge in [-0.15, -0.1) is 0 Å². The number of halogens is 4. The van der Waals surface area contributed by atoms with Crippen LogP contribution in [0.5, 0.6) is 5.75 Å². The fourth-order valence-corrected chi connectivity index (χ4v) is 3.24. The van der Waals surface area contributed by atoms with Crippen LogP contribution in [0.2, 0.25) is 5.02 Å². The third-order valence-electron chi connectivity index (χ3n) is 4.55. The third kappa shape index (κ3) is 4.43. The molecule has 0 radical (unpaired) electrons. The van der Waals surface area contributed by atoms with Gasteiger partial charge in [0.05, 0.1) is 30.6 Å². The number of amides is 1. The van der Waals surface area contributed by atoms with Gasteiger partial charge in [-0.05, 0) is 44.2 Å². The number of nitrogens with zero attached hydrogens (tertiary/aromatic N) is 2. The van der Waals surface area contributed by atoms with Crippen LogP contribution in [0.25, 0.3) is 5.69 Å². The van der Waals surface area contributed by atoms with Crippen molar-refractivity contribution in [3.05, 3.63) is 76.1 Å². The maximum Gasteiger partial charge on any atom is 0.434 e. The third-order valence-corrected chi connectivity index (χ3v) is 4.80. The largest absolute Gasteiger partial charge is 0.496 e. The monoisotopic (exact) mass is 437 g/mol. The van der Waals surface area contributed by atoms with Crippen LogP contribution >= 0.6 is 11.6 Å². The number of hydrogen-bond acceptors (Lipinski definition) is 3. The van der Waals surface area contributed by atoms with Crippen molar-refractivity contribution >= 4 is 17.5 Å². The van der Waals surface area contributed by atoms with Gasteiger partial charge in [-0.25, -0.2) is 4.68 Å². The fourth-order valence-electron chi connectivity index (χ4n) is 3.11. The van der Waals surface area contributed by atoms with Gasteiger partial charge in [0, 0.05) is 10.6 Å². The van der Waals surface area contributed by atoms with E-state index in [0.717, 1.165) is 11.8 Å². The molecule has 1 aromatic heterocycles. The van der Waals surface area contributed by atoms with E-state index in [9.17, 15) is 18.0 Å². The van der Waals surface area contributed by atoms with Crippen molar-refractivity contribution in [2.45, 2.75) is 26.1 Å². The van der Waals surface area contributed by atoms with E-state index in [1.54, 1.807) is 13.0 Å². The zero-order valence-corrected chi connectivity index (χ0v) is 17.2. The summed E-state index contributed by atoms with van der Waals surface area (Å²) in [6.07, 6.45) is -3.89. The number of benzene rings is 2. The molecule has 30 heavy (non-hydrogen) atoms. The Kier molecular flexibility index (Phi) is 6.07. The molecule has 2 aromatic carbocycles. The van der Waals surface area contributed by atoms with Crippen molar-refractivity contribution < 1.29 is 22.7 Å². The molecule has 0 aliphatic heterocycles. The average Bonchev–Trinajstić information content (AvgIpc) is 3.14. The summed E-state index contributed by atoms with van der Waals surface area (Å²) in [6, 6.07) is 10.5. The standard InChI is InChI=1S/C21H19ClF3N3O2/c1-12-4-9-18(30-3)16(10-12)13(2)27-20(29)17-11-26-28(19(17)21(23,24)25)15-7-5-14(22)6-8-15/h4-11,13H,1-3H3,(H,27,29). The van der Waals surface area contributed by atoms with Crippen LogP contribution in [-0.2, 0) is 6.18 Å². The molecule has 158 valence electrons. The lowest BCUT2D eigenvalue weighted by molar-refractivity contribution is -0.143. The lowest BCUT2D eigenvalue weighted by atomic mass is 10.0. The first-order valence-corrected chi connectivity index (χ1v) is 9.36. The van der Waals surface area contributed by atoms with Crippen LogP contribution in [0.3, 0.4) is 0 Å². The molecule has 1 amide bonds. The van der Waals surface area contributed by atoms with Gasteiger partial charge in [0.15, 0.2) is 5.69 Å². The zero-order chi connectivity index (χ0) is 22.1. The molecule has 0 saturated carbocycles. The minimum absolute atomic E-state index is 0.138. The molecule has 0 aliphatic rings. The Morgan fingerprint density at radius 2 is 1.87 bits per heavy atom. The topological polar surface area (TPSA) is 56.1 Å². The smallest absolute Gasteiger partial charge is 0.434 e. The molecule has 0 spiro atoms. The van der Waals surface area contributed by atoms with E-state index < -0.39 is 29.4 Å². The SMILES string of the molecule is COc1ccc(C)cc1C(C)NC(=O)c1cnn(-c2ccc(Cl)cc2)c1C(F)(F)F. The predicted molar refractivity (Wildman–Crippen MR) is 107 cm³/mol. The zero-order valence-electron chi connectivity index (χ0n) is 16.4. The summed E-state index contributed by atoms with van der Waals surface area (Å²) in [5.41, 5.74) is -0.0104. The predicted octanol–water partition coefficient (Wildman–Crippen LogP) is 5.35. The first-order chi connectivity index (χ1) is 14.1. The summed E-state index contributed by atoms with van der Waals surface area (Å²) in [6.45, 7) is 3.54. The van der Waals surface area contributed by atoms with E-state index >= 15 is 0 Å². The van der Waals surface area contributed by atoms with E-state index in [-0.39, 0.29) is 5.69 Å². The summed E-state index contributed by atoms with van der Waals surface area (Å²) in [5, 5.41) is 6.78. The molecule has 1 heterocycles. The number of alkyl halides is 3. The number of rotatable bonds is 5. The number of methoxy groups -OCH3 is 1. The van der Waals surface area contributed by atoms with Crippen molar-refractivity contribution in [3.8, 4) is 11.4 Å². The number of aryl methyl sites for hydroxylation is 1. The van der Waals surface area contributed by atoms with E-state index in [0.29, 0.717) is 21.0 Å². The fraction of sp³-hybridized carbons (Fsp3) is 0.238. The van der Waals surface area contributed by atoms with E-state index in [4.69, 9.17) is 16.3 Å². The Morgan fingerprint density at radius 1 is 1.20 bits per heavy atom. The number of nitrogens with one attached hydrogen (secondary N) is 1. The highest BCUT2D eigenvalue weighted by molar-refractivity contribution is 6.30. The van der Waals surface area contributed by atoms with Crippen LogP contribution in [-0.4, -0.2) is 22.8 Å². The number of hydrogen-bond donors (Lipinski definition) is 1. The molecule has 0 aliphatic carbocycles. The van der Waals surface area contributed by atoms with Crippen LogP contribution in [0.1, 0.15) is 40.1 Å². The Labute approximate surface area is 176 Å². The van der Waals surface area contributed by atoms with Crippen LogP contribution < -0.4 is 10.1 Å². The normalized spacial score (nSPS) is 12.5. The minimum Gasteiger partial charge on any atom is -0.496 e. The van der Waals surface area contributed by atoms with Crippen molar-refractivity contribution in [1.29, 1.82) is 0 Å². The van der Waals surface area contributed by atoms with Crippen LogP contribution in [0.4, 0.5) is 13.2 Å². The minimum atomic E-state index is -4.80. The first kappa shape index (κ1) is 21.7. The van der Waals surface area contributed by atoms with E-state index in [2.05, 4.69) is 10.4 Å². The maximum absolute atomic E-state index is 13.8. The van der Waals surface area contributed by atoms with Gasteiger partial charge in [0.1, 0.15) is 5.75 Å². The van der Waals surface area contributed by atoms with Gasteiger partial charge in [-0.2, -0.15) is 18.3 Å². The van der Waals surface area contributed by atoms with E-state index in [1.807, 2.05) is 19.1 Å². The second kappa shape index (κ2) is 8.39. The molecule has 0 saturated heterocycles. The number of carbonyl (C=O) groups is 1. The average molecular weight is 438 g/mol. The second-order valence-electron chi connectivity index (χ2n) is 6.73. The van der Waals surface area contributed by atoms with Crippen molar-refractivity contribution in [2.24, 2.45) is 0 Å². The maximum atomic E-state index is 13.8. The summed E-state index contributed by atoms with van der Waals surface area (Å²) >= 11 is 5.81. The van der Waals surface area contributed by atoms with Crippen LogP contribution in [0, 0.1) is 6.92 Å². The van der Waals surface area contributed by atoms with Crippen molar-refractivity contribution in [3.63, 3.8) is 0 Å². The Hall–Kier alpha value is -3.00. The number of ether oxygens (including phenoxy) is 1. The van der Waals surface area contributed by atoms with Gasteiger partial charge in [0.25, 0.3) is 5.91 Å². The molecule has 3 rings (SSSR count). The molecule has 9 heteroatoms. The second-order valence-corrected chi connectivity index (χ2v) is 7.17. The summed E-state index contributed by atoms with van der Waals surface area (Å²) in [7, 11) is 1.49. The lowest BCUT2D eigenvalue weighted by Gasteiger charge is -2.18. The molecule has 0 fully saturated rings. The molecule has 3 aromatic rings. The van der Waals surface area contributed by atoms with Crippen molar-refractivity contribution in [1.82, 2.24) is 15.1 Å². The quantitative estimate of drug-likeness (QED) is 0.585. The van der Waals surface area contributed by atoms with Crippen molar-refractivity contribution in [2.75, 3.05) is 7.11 Å². The van der Waals surface area contributed by atoms with Gasteiger partial charge in [-0.1, -0.05) is 29.3 Å². The highest BCUT2D eigenvalue weighted by Gasteiger charge is 2.40. The first-order valence-electron chi connectivity index (χ1n) is 8.98. The highest BCUT2D eigenvalue weighted by Crippen LogP contribution is 2.34. The molecule has 1 N–H and O–H groups in total. The molecular formula is C21H19ClF3N3O2. The molecule has 1 unspecified atom stereocenters. The Morgan fingerprint density at radius 3 is 2.47 bits per heavy atom. The summed E-state index contributed by atoms with van der Waals surface area (Å²) < 4.78 is 47.4. The highest BCUT2D eigenvalue weighted by atomic mass is 35.5. The number of aromatic nitrogens is 2. The van der Waals surface area contributed by atoms with Gasteiger partial charge < -0.3 is 10.1 Å². The van der Waals surface area contributed by atoms with Gasteiger partial charge in [-0.3, -0.25) is 4.79 Å². The molecule has 5 nitrogen and oxygen atoms in total. The lowest BCUT2D eigenvalue weighted by Crippen LogP contribution is -2.29. The van der Waals surface area contributed by atoms with Crippen LogP contribution in [0.15, 0.2) is 48.7 Å². The molecule has 0 bridgehead atoms. The van der Waals surface area contributed by atoms with Gasteiger partial charge >= 0.3 is 6.18 Å². The Balaban J connectivity index is 1.97. The summed E-state index contributed by atoms with van der Waals surface area (Å²) in [4.78, 5) is 12.8.